The molecule has 0 spiro atoms. The van der Waals surface area contributed by atoms with Crippen molar-refractivity contribution in [3.05, 3.63) is 51.3 Å². The maximum absolute atomic E-state index is 12.7. The highest BCUT2D eigenvalue weighted by Gasteiger charge is 2.31. The first kappa shape index (κ1) is 15.9. The first-order valence-electron chi connectivity index (χ1n) is 7.93. The predicted molar refractivity (Wildman–Crippen MR) is 89.5 cm³/mol. The molecule has 1 atom stereocenters. The summed E-state index contributed by atoms with van der Waals surface area (Å²) in [6.07, 6.45) is 1.96. The second-order valence-electron chi connectivity index (χ2n) is 6.20. The maximum atomic E-state index is 12.7. The molecular formula is C17H16Cl2N2O3. The predicted octanol–water partition coefficient (Wildman–Crippen LogP) is 4.07. The first-order valence-corrected chi connectivity index (χ1v) is 8.69. The van der Waals surface area contributed by atoms with E-state index >= 15 is 0 Å². The highest BCUT2D eigenvalue weighted by atomic mass is 35.5. The van der Waals surface area contributed by atoms with Gasteiger partial charge in [-0.15, -0.1) is 0 Å². The van der Waals surface area contributed by atoms with E-state index < -0.39 is 0 Å². The molecule has 0 unspecified atom stereocenters. The molecule has 0 N–H and O–H groups in total. The largest absolute Gasteiger partial charge is 0.370 e. The highest BCUT2D eigenvalue weighted by Crippen LogP contribution is 2.40. The van der Waals surface area contributed by atoms with Crippen LogP contribution < -0.4 is 0 Å². The molecule has 2 heterocycles. The van der Waals surface area contributed by atoms with E-state index in [0.717, 1.165) is 24.2 Å². The minimum absolute atomic E-state index is 0.132. The fourth-order valence-corrected chi connectivity index (χ4v) is 3.45. The van der Waals surface area contributed by atoms with Gasteiger partial charge in [0, 0.05) is 28.6 Å². The Labute approximate surface area is 149 Å². The molecule has 126 valence electrons. The van der Waals surface area contributed by atoms with Crippen molar-refractivity contribution in [3.63, 3.8) is 0 Å². The van der Waals surface area contributed by atoms with Gasteiger partial charge in [0.15, 0.2) is 5.69 Å². The molecule has 7 heteroatoms. The van der Waals surface area contributed by atoms with Crippen LogP contribution in [0.4, 0.5) is 0 Å². The van der Waals surface area contributed by atoms with E-state index in [4.69, 9.17) is 32.5 Å². The number of ether oxygens (including phenoxy) is 1. The van der Waals surface area contributed by atoms with Crippen molar-refractivity contribution in [2.45, 2.75) is 24.9 Å². The Balaban J connectivity index is 1.50. The van der Waals surface area contributed by atoms with Crippen molar-refractivity contribution in [2.24, 2.45) is 0 Å². The second-order valence-corrected chi connectivity index (χ2v) is 7.08. The molecule has 0 radical (unpaired) electrons. The van der Waals surface area contributed by atoms with Gasteiger partial charge in [-0.05, 0) is 36.6 Å². The molecule has 2 aromatic rings. The summed E-state index contributed by atoms with van der Waals surface area (Å²) < 4.78 is 11.1. The van der Waals surface area contributed by atoms with Crippen LogP contribution in [0.5, 0.6) is 0 Å². The SMILES string of the molecule is O=C(c1cc(C2CC2)on1)N1CCO[C@@H](c2cc(Cl)cc(Cl)c2)C1. The van der Waals surface area contributed by atoms with Crippen molar-refractivity contribution >= 4 is 29.1 Å². The Morgan fingerprint density at radius 3 is 2.62 bits per heavy atom. The summed E-state index contributed by atoms with van der Waals surface area (Å²) >= 11 is 12.1. The summed E-state index contributed by atoms with van der Waals surface area (Å²) in [5, 5.41) is 5.03. The van der Waals surface area contributed by atoms with Crippen LogP contribution >= 0.6 is 23.2 Å². The van der Waals surface area contributed by atoms with E-state index in [1.54, 1.807) is 17.0 Å². The molecule has 5 nitrogen and oxygen atoms in total. The van der Waals surface area contributed by atoms with Gasteiger partial charge in [0.25, 0.3) is 5.91 Å². The normalized spacial score (nSPS) is 21.1. The van der Waals surface area contributed by atoms with Crippen molar-refractivity contribution < 1.29 is 14.1 Å². The third-order valence-electron chi connectivity index (χ3n) is 4.34. The molecule has 1 saturated heterocycles. The summed E-state index contributed by atoms with van der Waals surface area (Å²) in [6.45, 7) is 1.41. The van der Waals surface area contributed by atoms with Crippen LogP contribution in [0.3, 0.4) is 0 Å². The highest BCUT2D eigenvalue weighted by molar-refractivity contribution is 6.34. The zero-order valence-corrected chi connectivity index (χ0v) is 14.4. The lowest BCUT2D eigenvalue weighted by Gasteiger charge is -2.32. The zero-order chi connectivity index (χ0) is 16.7. The number of benzene rings is 1. The number of carbonyl (C=O) groups excluding carboxylic acids is 1. The fraction of sp³-hybridized carbons (Fsp3) is 0.412. The lowest BCUT2D eigenvalue weighted by atomic mass is 10.1. The molecule has 1 aromatic carbocycles. The molecule has 2 aliphatic rings. The number of halogens is 2. The summed E-state index contributed by atoms with van der Waals surface area (Å²) in [7, 11) is 0. The van der Waals surface area contributed by atoms with Gasteiger partial charge in [-0.1, -0.05) is 28.4 Å². The number of rotatable bonds is 3. The number of amides is 1. The number of carbonyl (C=O) groups is 1. The van der Waals surface area contributed by atoms with E-state index in [1.165, 1.54) is 0 Å². The number of nitrogens with zero attached hydrogens (tertiary/aromatic N) is 2. The Morgan fingerprint density at radius 1 is 1.17 bits per heavy atom. The average Bonchev–Trinajstić information content (AvgIpc) is 3.31. The van der Waals surface area contributed by atoms with E-state index in [1.807, 2.05) is 12.1 Å². The number of aromatic nitrogens is 1. The van der Waals surface area contributed by atoms with Crippen LogP contribution in [-0.4, -0.2) is 35.7 Å². The quantitative estimate of drug-likeness (QED) is 0.821. The minimum Gasteiger partial charge on any atom is -0.370 e. The molecule has 0 bridgehead atoms. The third-order valence-corrected chi connectivity index (χ3v) is 4.77. The topological polar surface area (TPSA) is 55.6 Å². The zero-order valence-electron chi connectivity index (χ0n) is 12.9. The molecule has 1 amide bonds. The molecule has 1 aliphatic carbocycles. The number of hydrogen-bond donors (Lipinski definition) is 0. The molecular weight excluding hydrogens is 351 g/mol. The Kier molecular flexibility index (Phi) is 4.24. The van der Waals surface area contributed by atoms with Crippen LogP contribution in [0.2, 0.25) is 10.0 Å². The average molecular weight is 367 g/mol. The Hall–Kier alpha value is -1.56. The van der Waals surface area contributed by atoms with Crippen LogP contribution in [0, 0.1) is 0 Å². The number of hydrogen-bond acceptors (Lipinski definition) is 4. The summed E-state index contributed by atoms with van der Waals surface area (Å²) in [5.41, 5.74) is 1.23. The molecule has 2 fully saturated rings. The van der Waals surface area contributed by atoms with Gasteiger partial charge in [-0.25, -0.2) is 0 Å². The third kappa shape index (κ3) is 3.29. The lowest BCUT2D eigenvalue weighted by Crippen LogP contribution is -2.42. The van der Waals surface area contributed by atoms with Gasteiger partial charge in [0.1, 0.15) is 11.9 Å². The number of morpholine rings is 1. The van der Waals surface area contributed by atoms with Gasteiger partial charge >= 0.3 is 0 Å². The van der Waals surface area contributed by atoms with E-state index in [2.05, 4.69) is 5.16 Å². The molecule has 24 heavy (non-hydrogen) atoms. The standard InChI is InChI=1S/C17H16Cl2N2O3/c18-12-5-11(6-13(19)7-12)16-9-21(3-4-23-16)17(22)14-8-15(24-20-14)10-1-2-10/h5-8,10,16H,1-4,9H2/t16-/m1/s1. The van der Waals surface area contributed by atoms with Crippen LogP contribution in [-0.2, 0) is 4.74 Å². The van der Waals surface area contributed by atoms with E-state index in [-0.39, 0.29) is 12.0 Å². The summed E-state index contributed by atoms with van der Waals surface area (Å²) in [4.78, 5) is 14.4. The van der Waals surface area contributed by atoms with Crippen LogP contribution in [0.15, 0.2) is 28.8 Å². The fourth-order valence-electron chi connectivity index (χ4n) is 2.91. The summed E-state index contributed by atoms with van der Waals surface area (Å²) in [5.74, 6) is 1.11. The molecule has 1 saturated carbocycles. The Bertz CT molecular complexity index is 753. The first-order chi connectivity index (χ1) is 11.6. The summed E-state index contributed by atoms with van der Waals surface area (Å²) in [6, 6.07) is 7.06. The van der Waals surface area contributed by atoms with Crippen molar-refractivity contribution in [2.75, 3.05) is 19.7 Å². The molecule has 1 aromatic heterocycles. The van der Waals surface area contributed by atoms with Gasteiger partial charge < -0.3 is 14.2 Å². The van der Waals surface area contributed by atoms with Gasteiger partial charge in [0.05, 0.1) is 13.2 Å². The van der Waals surface area contributed by atoms with Crippen molar-refractivity contribution in [3.8, 4) is 0 Å². The maximum Gasteiger partial charge on any atom is 0.276 e. The van der Waals surface area contributed by atoms with E-state index in [0.29, 0.717) is 41.4 Å². The Morgan fingerprint density at radius 2 is 1.92 bits per heavy atom. The van der Waals surface area contributed by atoms with Crippen molar-refractivity contribution in [1.82, 2.24) is 10.1 Å². The van der Waals surface area contributed by atoms with Gasteiger partial charge in [-0.2, -0.15) is 0 Å². The van der Waals surface area contributed by atoms with Crippen molar-refractivity contribution in [1.29, 1.82) is 0 Å². The second kappa shape index (κ2) is 6.39. The smallest absolute Gasteiger partial charge is 0.276 e. The van der Waals surface area contributed by atoms with Crippen LogP contribution in [0.25, 0.3) is 0 Å². The monoisotopic (exact) mass is 366 g/mol. The van der Waals surface area contributed by atoms with Gasteiger partial charge in [-0.3, -0.25) is 4.79 Å². The van der Waals surface area contributed by atoms with Crippen LogP contribution in [0.1, 0.15) is 46.7 Å². The molecule has 1 aliphatic heterocycles. The molecule has 4 rings (SSSR count). The lowest BCUT2D eigenvalue weighted by molar-refractivity contribution is -0.0231. The van der Waals surface area contributed by atoms with E-state index in [9.17, 15) is 4.79 Å². The van der Waals surface area contributed by atoms with Gasteiger partial charge in [0.2, 0.25) is 0 Å². The minimum atomic E-state index is -0.256.